The van der Waals surface area contributed by atoms with E-state index in [9.17, 15) is 4.79 Å². The lowest BCUT2D eigenvalue weighted by Crippen LogP contribution is -2.37. The molecule has 1 atom stereocenters. The van der Waals surface area contributed by atoms with Gasteiger partial charge in [0.15, 0.2) is 0 Å². The normalized spacial score (nSPS) is 17.4. The molecule has 0 saturated carbocycles. The fraction of sp³-hybridized carbons (Fsp3) is 0.238. The van der Waals surface area contributed by atoms with E-state index in [0.717, 1.165) is 38.9 Å². The summed E-state index contributed by atoms with van der Waals surface area (Å²) in [6.45, 7) is 4.63. The number of carbonyl (C=O) groups is 1. The largest absolute Gasteiger partial charge is 0.447 e. The number of H-pyrrole nitrogens is 2. The Hall–Kier alpha value is -3.28. The van der Waals surface area contributed by atoms with Crippen molar-refractivity contribution in [2.24, 2.45) is 5.92 Å². The van der Waals surface area contributed by atoms with Gasteiger partial charge in [-0.25, -0.2) is 4.79 Å². The van der Waals surface area contributed by atoms with E-state index in [0.29, 0.717) is 12.5 Å². The molecule has 0 aliphatic carbocycles. The van der Waals surface area contributed by atoms with Crippen molar-refractivity contribution in [3.8, 4) is 11.4 Å². The van der Waals surface area contributed by atoms with Crippen LogP contribution in [0.15, 0.2) is 48.5 Å². The minimum atomic E-state index is -0.288. The molecule has 6 nitrogen and oxygen atoms in total. The zero-order valence-corrected chi connectivity index (χ0v) is 15.2. The summed E-state index contributed by atoms with van der Waals surface area (Å²) in [4.78, 5) is 17.5. The number of nitrogens with zero attached hydrogens (tertiary/aromatic N) is 2. The van der Waals surface area contributed by atoms with E-state index in [-0.39, 0.29) is 12.1 Å². The molecule has 1 amide bonds. The van der Waals surface area contributed by atoms with Crippen molar-refractivity contribution in [1.29, 1.82) is 0 Å². The van der Waals surface area contributed by atoms with Gasteiger partial charge in [-0.3, -0.25) is 10.00 Å². The van der Waals surface area contributed by atoms with Gasteiger partial charge in [-0.2, -0.15) is 5.10 Å². The van der Waals surface area contributed by atoms with Crippen molar-refractivity contribution in [2.75, 3.05) is 11.5 Å². The van der Waals surface area contributed by atoms with Crippen LogP contribution in [-0.4, -0.2) is 33.9 Å². The van der Waals surface area contributed by atoms with Crippen molar-refractivity contribution in [2.45, 2.75) is 19.9 Å². The second-order valence-corrected chi connectivity index (χ2v) is 7.33. The number of nitrogens with one attached hydrogen (secondary N) is 2. The zero-order valence-electron chi connectivity index (χ0n) is 15.2. The van der Waals surface area contributed by atoms with Gasteiger partial charge in [0, 0.05) is 22.0 Å². The first-order chi connectivity index (χ1) is 13.1. The molecule has 27 heavy (non-hydrogen) atoms. The molecule has 1 aliphatic heterocycles. The minimum absolute atomic E-state index is 0.0402. The number of para-hydroxylation sites is 1. The topological polar surface area (TPSA) is 74.0 Å². The summed E-state index contributed by atoms with van der Waals surface area (Å²) in [7, 11) is 0. The van der Waals surface area contributed by atoms with Crippen LogP contribution in [0.3, 0.4) is 0 Å². The molecule has 2 aromatic carbocycles. The Bertz CT molecular complexity index is 1120. The number of rotatable bonds is 3. The number of anilines is 1. The summed E-state index contributed by atoms with van der Waals surface area (Å²) in [5, 5.41) is 9.71. The zero-order chi connectivity index (χ0) is 18.5. The summed E-state index contributed by atoms with van der Waals surface area (Å²) in [6, 6.07) is 16.2. The summed E-state index contributed by atoms with van der Waals surface area (Å²) in [5.74, 6) is 0.310. The maximum absolute atomic E-state index is 12.3. The van der Waals surface area contributed by atoms with Crippen molar-refractivity contribution >= 4 is 33.6 Å². The Morgan fingerprint density at radius 3 is 2.81 bits per heavy atom. The SMILES string of the molecule is CC(C)[C@H]1COC(=O)N1c1ccc2[nH]nc(-c3cc4ccccc4[nH]3)c2c1. The molecule has 4 aromatic rings. The molecule has 1 aliphatic rings. The standard InChI is InChI=1S/C21H20N4O2/c1-12(2)19-11-27-21(26)25(19)14-7-8-17-15(10-14)20(24-23-17)18-9-13-5-3-4-6-16(13)22-18/h3-10,12,19,22H,11H2,1-2H3,(H,23,24)/t19-/m1/s1. The van der Waals surface area contributed by atoms with E-state index >= 15 is 0 Å². The number of amides is 1. The second-order valence-electron chi connectivity index (χ2n) is 7.33. The van der Waals surface area contributed by atoms with Crippen LogP contribution in [0.2, 0.25) is 0 Å². The molecule has 6 heteroatoms. The third-order valence-corrected chi connectivity index (χ3v) is 5.29. The molecule has 0 bridgehead atoms. The first-order valence-corrected chi connectivity index (χ1v) is 9.14. The van der Waals surface area contributed by atoms with E-state index in [4.69, 9.17) is 4.74 Å². The van der Waals surface area contributed by atoms with Gasteiger partial charge in [-0.05, 0) is 36.2 Å². The van der Waals surface area contributed by atoms with Gasteiger partial charge < -0.3 is 9.72 Å². The molecule has 1 fully saturated rings. The van der Waals surface area contributed by atoms with E-state index in [2.05, 4.69) is 41.2 Å². The predicted molar refractivity (Wildman–Crippen MR) is 106 cm³/mol. The van der Waals surface area contributed by atoms with Crippen LogP contribution in [0.1, 0.15) is 13.8 Å². The molecule has 5 rings (SSSR count). The Morgan fingerprint density at radius 2 is 2.00 bits per heavy atom. The first kappa shape index (κ1) is 15.9. The highest BCUT2D eigenvalue weighted by molar-refractivity contribution is 5.99. The molecule has 3 heterocycles. The molecular weight excluding hydrogens is 340 g/mol. The summed E-state index contributed by atoms with van der Waals surface area (Å²) >= 11 is 0. The average molecular weight is 360 g/mol. The third kappa shape index (κ3) is 2.48. The number of hydrogen-bond acceptors (Lipinski definition) is 3. The molecule has 136 valence electrons. The second kappa shape index (κ2) is 5.87. The number of cyclic esters (lactones) is 1. The number of aromatic nitrogens is 3. The summed E-state index contributed by atoms with van der Waals surface area (Å²) < 4.78 is 5.30. The van der Waals surface area contributed by atoms with E-state index in [1.807, 2.05) is 36.4 Å². The molecular formula is C21H20N4O2. The van der Waals surface area contributed by atoms with Gasteiger partial charge in [0.25, 0.3) is 0 Å². The number of ether oxygens (including phenoxy) is 1. The fourth-order valence-electron chi connectivity index (χ4n) is 3.78. The number of hydrogen-bond donors (Lipinski definition) is 2. The van der Waals surface area contributed by atoms with Crippen LogP contribution < -0.4 is 4.90 Å². The van der Waals surface area contributed by atoms with Gasteiger partial charge in [-0.15, -0.1) is 0 Å². The number of fused-ring (bicyclic) bond motifs is 2. The van der Waals surface area contributed by atoms with Crippen molar-refractivity contribution in [3.63, 3.8) is 0 Å². The predicted octanol–water partition coefficient (Wildman–Crippen LogP) is 4.69. The monoisotopic (exact) mass is 360 g/mol. The van der Waals surface area contributed by atoms with Crippen molar-refractivity contribution in [3.05, 3.63) is 48.5 Å². The van der Waals surface area contributed by atoms with Gasteiger partial charge in [0.2, 0.25) is 0 Å². The molecule has 0 unspecified atom stereocenters. The van der Waals surface area contributed by atoms with Crippen LogP contribution in [0.4, 0.5) is 10.5 Å². The van der Waals surface area contributed by atoms with Crippen LogP contribution in [-0.2, 0) is 4.74 Å². The Kier molecular flexibility index (Phi) is 3.47. The molecule has 0 spiro atoms. The Labute approximate surface area is 156 Å². The van der Waals surface area contributed by atoms with E-state index in [1.54, 1.807) is 4.90 Å². The fourth-order valence-corrected chi connectivity index (χ4v) is 3.78. The Morgan fingerprint density at radius 1 is 1.15 bits per heavy atom. The van der Waals surface area contributed by atoms with Crippen molar-refractivity contribution < 1.29 is 9.53 Å². The molecule has 2 aromatic heterocycles. The van der Waals surface area contributed by atoms with Crippen LogP contribution in [0.5, 0.6) is 0 Å². The van der Waals surface area contributed by atoms with Gasteiger partial charge in [0.1, 0.15) is 12.3 Å². The highest BCUT2D eigenvalue weighted by Crippen LogP contribution is 2.34. The number of carbonyl (C=O) groups excluding carboxylic acids is 1. The quantitative estimate of drug-likeness (QED) is 0.556. The van der Waals surface area contributed by atoms with Gasteiger partial charge >= 0.3 is 6.09 Å². The molecule has 0 radical (unpaired) electrons. The summed E-state index contributed by atoms with van der Waals surface area (Å²) in [6.07, 6.45) is -0.288. The summed E-state index contributed by atoms with van der Waals surface area (Å²) in [5.41, 5.74) is 4.63. The number of aromatic amines is 2. The Balaban J connectivity index is 1.63. The van der Waals surface area contributed by atoms with Gasteiger partial charge in [0.05, 0.1) is 17.3 Å². The average Bonchev–Trinajstić information content (AvgIpc) is 3.36. The smallest absolute Gasteiger partial charge is 0.414 e. The maximum Gasteiger partial charge on any atom is 0.414 e. The lowest BCUT2D eigenvalue weighted by Gasteiger charge is -2.24. The number of benzene rings is 2. The van der Waals surface area contributed by atoms with Crippen LogP contribution >= 0.6 is 0 Å². The first-order valence-electron chi connectivity index (χ1n) is 9.14. The van der Waals surface area contributed by atoms with Crippen molar-refractivity contribution in [1.82, 2.24) is 15.2 Å². The van der Waals surface area contributed by atoms with Gasteiger partial charge in [-0.1, -0.05) is 32.0 Å². The highest BCUT2D eigenvalue weighted by atomic mass is 16.6. The lowest BCUT2D eigenvalue weighted by atomic mass is 10.0. The third-order valence-electron chi connectivity index (χ3n) is 5.29. The lowest BCUT2D eigenvalue weighted by molar-refractivity contribution is 0.177. The van der Waals surface area contributed by atoms with Crippen LogP contribution in [0, 0.1) is 5.92 Å². The van der Waals surface area contributed by atoms with E-state index < -0.39 is 0 Å². The highest BCUT2D eigenvalue weighted by Gasteiger charge is 2.36. The van der Waals surface area contributed by atoms with Crippen LogP contribution in [0.25, 0.3) is 33.2 Å². The van der Waals surface area contributed by atoms with E-state index in [1.165, 1.54) is 0 Å². The molecule has 2 N–H and O–H groups in total. The minimum Gasteiger partial charge on any atom is -0.447 e. The molecule has 1 saturated heterocycles. The maximum atomic E-state index is 12.3.